The molecule has 10 heteroatoms. The number of hydrogen-bond acceptors (Lipinski definition) is 5. The Hall–Kier alpha value is -2.23. The van der Waals surface area contributed by atoms with Crippen molar-refractivity contribution in [1.82, 2.24) is 10.1 Å². The zero-order valence-corrected chi connectivity index (χ0v) is 10.1. The highest BCUT2D eigenvalue weighted by molar-refractivity contribution is 5.31. The molecule has 1 atom stereocenters. The summed E-state index contributed by atoms with van der Waals surface area (Å²) >= 11 is 0. The van der Waals surface area contributed by atoms with Gasteiger partial charge in [0.1, 0.15) is 5.75 Å². The highest BCUT2D eigenvalue weighted by Crippen LogP contribution is 2.26. The summed E-state index contributed by atoms with van der Waals surface area (Å²) in [6, 6.07) is 3.54. The summed E-state index contributed by atoms with van der Waals surface area (Å²) in [6.07, 6.45) is -7.73. The zero-order chi connectivity index (χ0) is 15.6. The first-order valence-corrected chi connectivity index (χ1v) is 5.49. The third-order valence-electron chi connectivity index (χ3n) is 2.40. The van der Waals surface area contributed by atoms with Gasteiger partial charge in [-0.1, -0.05) is 17.3 Å². The van der Waals surface area contributed by atoms with E-state index in [1.165, 1.54) is 12.1 Å². The van der Waals surface area contributed by atoms with Crippen LogP contribution in [0.25, 0.3) is 0 Å². The topological polar surface area (TPSA) is 74.2 Å². The minimum atomic E-state index is -4.80. The largest absolute Gasteiger partial charge is 0.573 e. The maximum Gasteiger partial charge on any atom is 0.573 e. The molecule has 1 aromatic carbocycles. The number of ether oxygens (including phenoxy) is 1. The molecule has 0 bridgehead atoms. The SMILES string of the molecule is NC(c1ccc(OC(F)(F)F)cc1)c1noc(C(F)F)n1. The van der Waals surface area contributed by atoms with E-state index in [4.69, 9.17) is 5.73 Å². The Kier molecular flexibility index (Phi) is 4.07. The fraction of sp³-hybridized carbons (Fsp3) is 0.273. The maximum atomic E-state index is 12.3. The van der Waals surface area contributed by atoms with Gasteiger partial charge < -0.3 is 15.0 Å². The van der Waals surface area contributed by atoms with E-state index in [0.717, 1.165) is 12.1 Å². The lowest BCUT2D eigenvalue weighted by Gasteiger charge is -2.11. The van der Waals surface area contributed by atoms with Crippen molar-refractivity contribution in [3.63, 3.8) is 0 Å². The molecule has 0 aliphatic carbocycles. The molecule has 0 saturated heterocycles. The van der Waals surface area contributed by atoms with E-state index in [0.29, 0.717) is 5.56 Å². The fourth-order valence-electron chi connectivity index (χ4n) is 1.49. The van der Waals surface area contributed by atoms with Crippen LogP contribution in [0.15, 0.2) is 28.8 Å². The van der Waals surface area contributed by atoms with Gasteiger partial charge >= 0.3 is 12.8 Å². The number of alkyl halides is 5. The smallest absolute Gasteiger partial charge is 0.406 e. The second-order valence-electron chi connectivity index (χ2n) is 3.89. The lowest BCUT2D eigenvalue weighted by molar-refractivity contribution is -0.274. The third-order valence-corrected chi connectivity index (χ3v) is 2.40. The molecular weight excluding hydrogens is 301 g/mol. The van der Waals surface area contributed by atoms with Gasteiger partial charge in [0.05, 0.1) is 6.04 Å². The van der Waals surface area contributed by atoms with Gasteiger partial charge in [-0.2, -0.15) is 13.8 Å². The van der Waals surface area contributed by atoms with Gasteiger partial charge in [-0.15, -0.1) is 13.2 Å². The molecule has 0 aliphatic rings. The zero-order valence-electron chi connectivity index (χ0n) is 10.1. The van der Waals surface area contributed by atoms with Crippen molar-refractivity contribution in [1.29, 1.82) is 0 Å². The van der Waals surface area contributed by atoms with Crippen molar-refractivity contribution in [2.24, 2.45) is 5.73 Å². The van der Waals surface area contributed by atoms with E-state index in [1.54, 1.807) is 0 Å². The quantitative estimate of drug-likeness (QED) is 0.879. The molecule has 0 amide bonds. The van der Waals surface area contributed by atoms with Crippen LogP contribution >= 0.6 is 0 Å². The summed E-state index contributed by atoms with van der Waals surface area (Å²) < 4.78 is 68.6. The van der Waals surface area contributed by atoms with Gasteiger partial charge in [-0.3, -0.25) is 0 Å². The van der Waals surface area contributed by atoms with Crippen molar-refractivity contribution in [3.8, 4) is 5.75 Å². The summed E-state index contributed by atoms with van der Waals surface area (Å²) in [6.45, 7) is 0. The average Bonchev–Trinajstić information content (AvgIpc) is 2.86. The van der Waals surface area contributed by atoms with E-state index in [-0.39, 0.29) is 5.82 Å². The second kappa shape index (κ2) is 5.64. The van der Waals surface area contributed by atoms with Gasteiger partial charge in [0, 0.05) is 0 Å². The molecule has 21 heavy (non-hydrogen) atoms. The molecule has 0 radical (unpaired) electrons. The van der Waals surface area contributed by atoms with Crippen LogP contribution in [0.1, 0.15) is 29.7 Å². The van der Waals surface area contributed by atoms with Gasteiger partial charge in [-0.05, 0) is 17.7 Å². The minimum Gasteiger partial charge on any atom is -0.406 e. The van der Waals surface area contributed by atoms with Gasteiger partial charge in [0.15, 0.2) is 5.82 Å². The van der Waals surface area contributed by atoms with E-state index in [1.807, 2.05) is 0 Å². The molecule has 2 N–H and O–H groups in total. The molecule has 2 aromatic rings. The van der Waals surface area contributed by atoms with Crippen LogP contribution < -0.4 is 10.5 Å². The molecule has 0 aliphatic heterocycles. The number of aromatic nitrogens is 2. The highest BCUT2D eigenvalue weighted by Gasteiger charge is 2.31. The molecule has 2 rings (SSSR count). The Bertz CT molecular complexity index is 597. The lowest BCUT2D eigenvalue weighted by atomic mass is 10.1. The molecule has 1 unspecified atom stereocenters. The maximum absolute atomic E-state index is 12.3. The first-order chi connectivity index (χ1) is 9.76. The molecule has 1 aromatic heterocycles. The van der Waals surface area contributed by atoms with Gasteiger partial charge in [0.25, 0.3) is 5.89 Å². The molecule has 5 nitrogen and oxygen atoms in total. The van der Waals surface area contributed by atoms with Crippen molar-refractivity contribution >= 4 is 0 Å². The van der Waals surface area contributed by atoms with Crippen molar-refractivity contribution in [3.05, 3.63) is 41.5 Å². The molecule has 0 saturated carbocycles. The number of hydrogen-bond donors (Lipinski definition) is 1. The lowest BCUT2D eigenvalue weighted by Crippen LogP contribution is -2.17. The van der Waals surface area contributed by atoms with Crippen LogP contribution in [-0.4, -0.2) is 16.5 Å². The average molecular weight is 309 g/mol. The van der Waals surface area contributed by atoms with Crippen LogP contribution in [0.4, 0.5) is 22.0 Å². The van der Waals surface area contributed by atoms with E-state index >= 15 is 0 Å². The predicted molar refractivity (Wildman–Crippen MR) is 58.4 cm³/mol. The standard InChI is InChI=1S/C11H8F5N3O2/c12-8(13)10-18-9(19-21-10)7(17)5-1-3-6(4-2-5)20-11(14,15)16/h1-4,7-8H,17H2. The van der Waals surface area contributed by atoms with Gasteiger partial charge in [0.2, 0.25) is 0 Å². The van der Waals surface area contributed by atoms with Crippen molar-refractivity contribution in [2.75, 3.05) is 0 Å². The molecule has 0 fully saturated rings. The Balaban J connectivity index is 2.13. The van der Waals surface area contributed by atoms with E-state index < -0.39 is 30.5 Å². The monoisotopic (exact) mass is 309 g/mol. The normalized spacial score (nSPS) is 13.5. The Morgan fingerprint density at radius 3 is 2.24 bits per heavy atom. The van der Waals surface area contributed by atoms with Crippen LogP contribution in [0.2, 0.25) is 0 Å². The van der Waals surface area contributed by atoms with Gasteiger partial charge in [-0.25, -0.2) is 0 Å². The summed E-state index contributed by atoms with van der Waals surface area (Å²) in [4.78, 5) is 3.40. The summed E-state index contributed by atoms with van der Waals surface area (Å²) in [5.74, 6) is -1.51. The minimum absolute atomic E-state index is 0.199. The number of rotatable bonds is 4. The Morgan fingerprint density at radius 2 is 1.76 bits per heavy atom. The molecule has 0 spiro atoms. The Morgan fingerprint density at radius 1 is 1.14 bits per heavy atom. The number of halogens is 5. The summed E-state index contributed by atoms with van der Waals surface area (Å²) in [7, 11) is 0. The second-order valence-corrected chi connectivity index (χ2v) is 3.89. The Labute approximate surface area is 114 Å². The summed E-state index contributed by atoms with van der Waals surface area (Å²) in [5.41, 5.74) is 6.03. The number of nitrogens with zero attached hydrogens (tertiary/aromatic N) is 2. The van der Waals surface area contributed by atoms with Crippen LogP contribution in [-0.2, 0) is 0 Å². The molecule has 114 valence electrons. The van der Waals surface area contributed by atoms with Crippen LogP contribution in [0, 0.1) is 0 Å². The van der Waals surface area contributed by atoms with Crippen LogP contribution in [0.3, 0.4) is 0 Å². The highest BCUT2D eigenvalue weighted by atomic mass is 19.4. The van der Waals surface area contributed by atoms with Crippen LogP contribution in [0.5, 0.6) is 5.75 Å². The van der Waals surface area contributed by atoms with E-state index in [9.17, 15) is 22.0 Å². The molecule has 1 heterocycles. The van der Waals surface area contributed by atoms with Crippen molar-refractivity contribution in [2.45, 2.75) is 18.8 Å². The van der Waals surface area contributed by atoms with E-state index in [2.05, 4.69) is 19.4 Å². The van der Waals surface area contributed by atoms with Crippen molar-refractivity contribution < 1.29 is 31.2 Å². The third kappa shape index (κ3) is 3.88. The first-order valence-electron chi connectivity index (χ1n) is 5.49. The number of nitrogens with two attached hydrogens (primary N) is 1. The predicted octanol–water partition coefficient (Wildman–Crippen LogP) is 2.95. The number of benzene rings is 1. The first kappa shape index (κ1) is 15.2. The fourth-order valence-corrected chi connectivity index (χ4v) is 1.49. The molecular formula is C11H8F5N3O2. The summed E-state index contributed by atoms with van der Waals surface area (Å²) in [5, 5.41) is 3.29.